The van der Waals surface area contributed by atoms with Gasteiger partial charge in [-0.2, -0.15) is 0 Å². The molecule has 3 nitrogen and oxygen atoms in total. The summed E-state index contributed by atoms with van der Waals surface area (Å²) >= 11 is 0. The molecule has 0 bridgehead atoms. The van der Waals surface area contributed by atoms with Crippen molar-refractivity contribution in [1.29, 1.82) is 0 Å². The van der Waals surface area contributed by atoms with E-state index in [0.29, 0.717) is 19.8 Å². The summed E-state index contributed by atoms with van der Waals surface area (Å²) in [5.41, 5.74) is 1.76. The Kier molecular flexibility index (Phi) is 6.32. The normalized spacial score (nSPS) is 27.4. The molecule has 14 heavy (non-hydrogen) atoms. The number of rotatable bonds is 5. The third-order valence-corrected chi connectivity index (χ3v) is 3.05. The molecule has 0 aromatic rings. The Labute approximate surface area is 91.8 Å². The van der Waals surface area contributed by atoms with E-state index in [1.54, 1.807) is 16.3 Å². The molecule has 5 heteroatoms. The maximum absolute atomic E-state index is 5.48. The largest absolute Gasteiger partial charge is 0.376 e. The molecule has 1 rings (SSSR count). The summed E-state index contributed by atoms with van der Waals surface area (Å²) in [5.74, 6) is 2.43. The third kappa shape index (κ3) is 4.03. The van der Waals surface area contributed by atoms with Gasteiger partial charge < -0.3 is 14.2 Å². The van der Waals surface area contributed by atoms with Crippen LogP contribution in [0.15, 0.2) is 0 Å². The van der Waals surface area contributed by atoms with Gasteiger partial charge >= 0.3 is 0 Å². The molecule has 0 aromatic carbocycles. The summed E-state index contributed by atoms with van der Waals surface area (Å²) in [6.45, 7) is 1.46. The van der Waals surface area contributed by atoms with Crippen molar-refractivity contribution in [1.82, 2.24) is 0 Å². The molecule has 0 radical (unpaired) electrons. The summed E-state index contributed by atoms with van der Waals surface area (Å²) in [6, 6.07) is 0. The molecule has 1 aliphatic heterocycles. The van der Waals surface area contributed by atoms with E-state index in [1.165, 1.54) is 0 Å². The summed E-state index contributed by atoms with van der Waals surface area (Å²) < 4.78 is 16.1. The lowest BCUT2D eigenvalue weighted by Gasteiger charge is -2.14. The zero-order chi connectivity index (χ0) is 10.2. The predicted octanol–water partition coefficient (Wildman–Crippen LogP) is 0.923. The van der Waals surface area contributed by atoms with Gasteiger partial charge in [0.05, 0.1) is 18.8 Å². The van der Waals surface area contributed by atoms with Crippen molar-refractivity contribution in [3.63, 3.8) is 0 Å². The van der Waals surface area contributed by atoms with Crippen LogP contribution in [0, 0.1) is 12.3 Å². The Morgan fingerprint density at radius 1 is 1.64 bits per heavy atom. The SMILES string of the molecule is C#CCO[C@H]1COC[C@@H]1OC=[SH]SC. The maximum atomic E-state index is 5.48. The molecule has 1 fully saturated rings. The summed E-state index contributed by atoms with van der Waals surface area (Å²) in [4.78, 5) is 0. The first-order valence-corrected chi connectivity index (χ1v) is 7.01. The highest BCUT2D eigenvalue weighted by molar-refractivity contribution is 8.74. The fraction of sp³-hybridized carbons (Fsp3) is 0.667. The fourth-order valence-electron chi connectivity index (χ4n) is 1.10. The minimum absolute atomic E-state index is 0.0111. The Hall–Kier alpha value is 0.01000. The standard InChI is InChI=1S/C9H14O3S2/c1-3-4-11-8-5-10-6-9(8)12-7-14-13-2/h1,7-9,14H,4-6H2,2H3/t8-,9-/m0/s1. The average Bonchev–Trinajstić information content (AvgIpc) is 2.63. The van der Waals surface area contributed by atoms with E-state index in [1.807, 2.05) is 6.26 Å². The first kappa shape index (κ1) is 12.1. The lowest BCUT2D eigenvalue weighted by Crippen LogP contribution is -2.29. The molecule has 0 aromatic heterocycles. The molecule has 1 saturated heterocycles. The summed E-state index contributed by atoms with van der Waals surface area (Å²) in [6.07, 6.45) is 7.08. The Balaban J connectivity index is 2.28. The smallest absolute Gasteiger partial charge is 0.116 e. The van der Waals surface area contributed by atoms with Crippen LogP contribution < -0.4 is 0 Å². The van der Waals surface area contributed by atoms with E-state index in [0.717, 1.165) is 10.4 Å². The number of hydrogen-bond acceptors (Lipinski definition) is 4. The maximum Gasteiger partial charge on any atom is 0.116 e. The van der Waals surface area contributed by atoms with Crippen molar-refractivity contribution in [3.05, 3.63) is 0 Å². The number of thiol groups is 1. The molecular formula is C9H14O3S2. The molecule has 1 aliphatic rings. The van der Waals surface area contributed by atoms with E-state index in [4.69, 9.17) is 20.6 Å². The molecule has 0 aliphatic carbocycles. The highest BCUT2D eigenvalue weighted by Crippen LogP contribution is 2.14. The van der Waals surface area contributed by atoms with E-state index in [2.05, 4.69) is 5.92 Å². The van der Waals surface area contributed by atoms with E-state index < -0.39 is 0 Å². The molecule has 0 N–H and O–H groups in total. The Morgan fingerprint density at radius 2 is 2.43 bits per heavy atom. The molecule has 0 amide bonds. The van der Waals surface area contributed by atoms with Gasteiger partial charge in [0.25, 0.3) is 0 Å². The Bertz CT molecular complexity index is 225. The fourth-order valence-corrected chi connectivity index (χ4v) is 1.80. The molecule has 0 spiro atoms. The van der Waals surface area contributed by atoms with Crippen LogP contribution in [0.4, 0.5) is 0 Å². The molecule has 80 valence electrons. The highest BCUT2D eigenvalue weighted by atomic mass is 33.1. The van der Waals surface area contributed by atoms with Crippen LogP contribution in [-0.2, 0) is 14.2 Å². The lowest BCUT2D eigenvalue weighted by molar-refractivity contribution is 0.0154. The van der Waals surface area contributed by atoms with Crippen LogP contribution in [0.3, 0.4) is 0 Å². The van der Waals surface area contributed by atoms with E-state index in [-0.39, 0.29) is 12.2 Å². The van der Waals surface area contributed by atoms with Crippen LogP contribution in [-0.4, -0.2) is 43.8 Å². The van der Waals surface area contributed by atoms with Crippen LogP contribution in [0.25, 0.3) is 0 Å². The van der Waals surface area contributed by atoms with Gasteiger partial charge in [0, 0.05) is 0 Å². The number of hydrogen-bond donors (Lipinski definition) is 1. The van der Waals surface area contributed by atoms with E-state index in [9.17, 15) is 0 Å². The summed E-state index contributed by atoms with van der Waals surface area (Å²) in [7, 11) is 2.78. The van der Waals surface area contributed by atoms with Crippen LogP contribution in [0.1, 0.15) is 0 Å². The van der Waals surface area contributed by atoms with Crippen LogP contribution in [0.5, 0.6) is 0 Å². The second-order valence-electron chi connectivity index (χ2n) is 2.66. The molecular weight excluding hydrogens is 220 g/mol. The highest BCUT2D eigenvalue weighted by Gasteiger charge is 2.29. The van der Waals surface area contributed by atoms with Gasteiger partial charge in [0.15, 0.2) is 0 Å². The minimum Gasteiger partial charge on any atom is -0.376 e. The van der Waals surface area contributed by atoms with Crippen molar-refractivity contribution in [3.8, 4) is 12.3 Å². The zero-order valence-electron chi connectivity index (χ0n) is 8.01. The van der Waals surface area contributed by atoms with Crippen molar-refractivity contribution >= 4 is 26.7 Å². The van der Waals surface area contributed by atoms with Crippen molar-refractivity contribution < 1.29 is 14.2 Å². The third-order valence-electron chi connectivity index (χ3n) is 1.74. The van der Waals surface area contributed by atoms with Gasteiger partial charge in [-0.05, 0) is 6.26 Å². The van der Waals surface area contributed by atoms with Crippen molar-refractivity contribution in [2.45, 2.75) is 12.2 Å². The predicted molar refractivity (Wildman–Crippen MR) is 62.8 cm³/mol. The second-order valence-corrected chi connectivity index (χ2v) is 5.17. The topological polar surface area (TPSA) is 27.7 Å². The number of ether oxygens (including phenoxy) is 3. The van der Waals surface area contributed by atoms with Crippen LogP contribution in [0.2, 0.25) is 0 Å². The minimum atomic E-state index is -0.0284. The quantitative estimate of drug-likeness (QED) is 0.331. The first-order chi connectivity index (χ1) is 6.88. The number of terminal acetylenes is 1. The first-order valence-electron chi connectivity index (χ1n) is 4.21. The van der Waals surface area contributed by atoms with Gasteiger partial charge in [-0.3, -0.25) is 0 Å². The molecule has 2 atom stereocenters. The second kappa shape index (κ2) is 7.32. The van der Waals surface area contributed by atoms with Gasteiger partial charge in [-0.15, -0.1) is 27.6 Å². The molecule has 0 saturated carbocycles. The van der Waals surface area contributed by atoms with Crippen molar-refractivity contribution in [2.24, 2.45) is 0 Å². The lowest BCUT2D eigenvalue weighted by atomic mass is 10.2. The summed E-state index contributed by atoms with van der Waals surface area (Å²) in [5, 5.41) is 0. The molecule has 1 heterocycles. The van der Waals surface area contributed by atoms with E-state index >= 15 is 0 Å². The van der Waals surface area contributed by atoms with Crippen molar-refractivity contribution in [2.75, 3.05) is 26.1 Å². The Morgan fingerprint density at radius 3 is 3.14 bits per heavy atom. The average molecular weight is 234 g/mol. The molecule has 0 unspecified atom stereocenters. The monoisotopic (exact) mass is 234 g/mol. The van der Waals surface area contributed by atoms with Gasteiger partial charge in [-0.25, -0.2) is 0 Å². The van der Waals surface area contributed by atoms with Gasteiger partial charge in [-0.1, -0.05) is 5.92 Å². The van der Waals surface area contributed by atoms with Crippen LogP contribution >= 0.6 is 21.2 Å². The van der Waals surface area contributed by atoms with Gasteiger partial charge in [0.2, 0.25) is 0 Å². The zero-order valence-corrected chi connectivity index (χ0v) is 9.72. The van der Waals surface area contributed by atoms with Gasteiger partial charge in [0.1, 0.15) is 18.8 Å².